The minimum atomic E-state index is -3.99. The first kappa shape index (κ1) is 24.3. The number of halogens is 1. The Labute approximate surface area is 215 Å². The van der Waals surface area contributed by atoms with E-state index in [1.54, 1.807) is 60.7 Å². The minimum absolute atomic E-state index is 0.111. The van der Waals surface area contributed by atoms with E-state index in [9.17, 15) is 18.0 Å². The number of para-hydroxylation sites is 1. The van der Waals surface area contributed by atoms with Crippen LogP contribution in [0.15, 0.2) is 71.6 Å². The summed E-state index contributed by atoms with van der Waals surface area (Å²) in [6.07, 6.45) is 5.24. The highest BCUT2D eigenvalue weighted by atomic mass is 35.5. The molecule has 0 bridgehead atoms. The van der Waals surface area contributed by atoms with Crippen molar-refractivity contribution in [2.75, 3.05) is 16.2 Å². The number of hydrogen-bond acceptors (Lipinski definition) is 4. The predicted molar refractivity (Wildman–Crippen MR) is 141 cm³/mol. The van der Waals surface area contributed by atoms with Gasteiger partial charge in [0.1, 0.15) is 6.54 Å². The van der Waals surface area contributed by atoms with Crippen molar-refractivity contribution in [2.45, 2.75) is 43.0 Å². The zero-order valence-corrected chi connectivity index (χ0v) is 21.1. The zero-order chi connectivity index (χ0) is 25.3. The van der Waals surface area contributed by atoms with Gasteiger partial charge < -0.3 is 10.6 Å². The van der Waals surface area contributed by atoms with E-state index in [4.69, 9.17) is 11.6 Å². The average Bonchev–Trinajstić information content (AvgIpc) is 2.88. The van der Waals surface area contributed by atoms with Gasteiger partial charge in [0.25, 0.3) is 15.9 Å². The molecule has 2 aliphatic rings. The quantitative estimate of drug-likeness (QED) is 0.479. The van der Waals surface area contributed by atoms with Crippen LogP contribution in [0.1, 0.15) is 42.5 Å². The standard InChI is InChI=1S/C27H26ClN3O4S/c28-18-14-15-24-22(16-18)20-10-5-7-13-25(20)36(34,35)31(24)17-26(32)30-23-12-6-4-11-21(23)27(33)29-19-8-2-1-3-9-19/h4-7,10-16,19H,1-3,8-9,17H2,(H,29,33)(H,30,32). The lowest BCUT2D eigenvalue weighted by Crippen LogP contribution is -2.40. The van der Waals surface area contributed by atoms with Crippen LogP contribution in [0.25, 0.3) is 11.1 Å². The number of amides is 2. The van der Waals surface area contributed by atoms with Crippen molar-refractivity contribution >= 4 is 44.8 Å². The highest BCUT2D eigenvalue weighted by Crippen LogP contribution is 2.43. The maximum Gasteiger partial charge on any atom is 0.265 e. The summed E-state index contributed by atoms with van der Waals surface area (Å²) in [4.78, 5) is 26.2. The monoisotopic (exact) mass is 523 g/mol. The SMILES string of the molecule is O=C(CN1c2ccc(Cl)cc2-c2ccccc2S1(=O)=O)Nc1ccccc1C(=O)NC1CCCCC1. The lowest BCUT2D eigenvalue weighted by atomic mass is 9.95. The molecular weight excluding hydrogens is 498 g/mol. The summed E-state index contributed by atoms with van der Waals surface area (Å²) in [5.74, 6) is -0.811. The van der Waals surface area contributed by atoms with Crippen molar-refractivity contribution < 1.29 is 18.0 Å². The number of nitrogens with zero attached hydrogens (tertiary/aromatic N) is 1. The van der Waals surface area contributed by atoms with E-state index in [1.165, 1.54) is 12.5 Å². The third-order valence-electron chi connectivity index (χ3n) is 6.65. The first-order valence-electron chi connectivity index (χ1n) is 12.0. The second-order valence-corrected chi connectivity index (χ2v) is 11.3. The second kappa shape index (κ2) is 9.95. The molecule has 0 atom stereocenters. The summed E-state index contributed by atoms with van der Waals surface area (Å²) in [5.41, 5.74) is 2.22. The number of carbonyl (C=O) groups excluding carboxylic acids is 2. The molecule has 1 aliphatic carbocycles. The Morgan fingerprint density at radius 2 is 1.64 bits per heavy atom. The average molecular weight is 524 g/mol. The van der Waals surface area contributed by atoms with Crippen LogP contribution in [0.4, 0.5) is 11.4 Å². The molecule has 7 nitrogen and oxygen atoms in total. The van der Waals surface area contributed by atoms with E-state index >= 15 is 0 Å². The maximum absolute atomic E-state index is 13.5. The molecule has 0 aromatic heterocycles. The van der Waals surface area contributed by atoms with Crippen molar-refractivity contribution in [2.24, 2.45) is 0 Å². The van der Waals surface area contributed by atoms with Gasteiger partial charge in [-0.3, -0.25) is 13.9 Å². The zero-order valence-electron chi connectivity index (χ0n) is 19.5. The maximum atomic E-state index is 13.5. The molecule has 0 saturated heterocycles. The lowest BCUT2D eigenvalue weighted by Gasteiger charge is -2.31. The smallest absolute Gasteiger partial charge is 0.265 e. The second-order valence-electron chi connectivity index (χ2n) is 9.07. The number of fused-ring (bicyclic) bond motifs is 3. The molecule has 186 valence electrons. The van der Waals surface area contributed by atoms with Gasteiger partial charge in [0.2, 0.25) is 5.91 Å². The van der Waals surface area contributed by atoms with Crippen molar-refractivity contribution in [1.29, 1.82) is 0 Å². The molecule has 3 aromatic rings. The first-order valence-corrected chi connectivity index (χ1v) is 13.8. The van der Waals surface area contributed by atoms with Crippen molar-refractivity contribution in [3.8, 4) is 11.1 Å². The van der Waals surface area contributed by atoms with Gasteiger partial charge >= 0.3 is 0 Å². The Hall–Kier alpha value is -3.36. The van der Waals surface area contributed by atoms with E-state index < -0.39 is 22.5 Å². The number of nitrogens with one attached hydrogen (secondary N) is 2. The van der Waals surface area contributed by atoms with Gasteiger partial charge in [0.05, 0.1) is 21.8 Å². The van der Waals surface area contributed by atoms with Crippen LogP contribution in [0.2, 0.25) is 5.02 Å². The topological polar surface area (TPSA) is 95.6 Å². The number of sulfonamides is 1. The number of benzene rings is 3. The molecule has 0 radical (unpaired) electrons. The number of carbonyl (C=O) groups is 2. The van der Waals surface area contributed by atoms with E-state index in [-0.39, 0.29) is 16.8 Å². The van der Waals surface area contributed by atoms with Gasteiger partial charge in [-0.2, -0.15) is 0 Å². The first-order chi connectivity index (χ1) is 17.3. The number of hydrogen-bond donors (Lipinski definition) is 2. The number of anilines is 2. The summed E-state index contributed by atoms with van der Waals surface area (Å²) in [6.45, 7) is -0.454. The molecule has 3 aromatic carbocycles. The predicted octanol–water partition coefficient (Wildman–Crippen LogP) is 5.22. The molecule has 5 rings (SSSR count). The van der Waals surface area contributed by atoms with Gasteiger partial charge in [-0.15, -0.1) is 0 Å². The third-order valence-corrected chi connectivity index (χ3v) is 8.70. The van der Waals surface area contributed by atoms with Crippen LogP contribution in [-0.4, -0.2) is 32.8 Å². The Balaban J connectivity index is 1.40. The fourth-order valence-electron chi connectivity index (χ4n) is 4.89. The van der Waals surface area contributed by atoms with Crippen LogP contribution in [0.3, 0.4) is 0 Å². The van der Waals surface area contributed by atoms with Crippen molar-refractivity contribution in [3.05, 3.63) is 77.3 Å². The molecule has 36 heavy (non-hydrogen) atoms. The molecule has 1 fully saturated rings. The van der Waals surface area contributed by atoms with Crippen LogP contribution < -0.4 is 14.9 Å². The third kappa shape index (κ3) is 4.70. The van der Waals surface area contributed by atoms with E-state index in [0.29, 0.717) is 33.1 Å². The number of rotatable bonds is 5. The van der Waals surface area contributed by atoms with Gasteiger partial charge in [-0.05, 0) is 49.2 Å². The summed E-state index contributed by atoms with van der Waals surface area (Å²) in [7, 11) is -3.99. The normalized spacial score (nSPS) is 16.5. The molecule has 0 unspecified atom stereocenters. The highest BCUT2D eigenvalue weighted by molar-refractivity contribution is 7.93. The van der Waals surface area contributed by atoms with E-state index in [1.807, 2.05) is 0 Å². The summed E-state index contributed by atoms with van der Waals surface area (Å²) >= 11 is 6.21. The summed E-state index contributed by atoms with van der Waals surface area (Å²) in [6, 6.07) is 18.4. The summed E-state index contributed by atoms with van der Waals surface area (Å²) < 4.78 is 28.1. The molecule has 0 spiro atoms. The van der Waals surface area contributed by atoms with Gasteiger partial charge in [-0.25, -0.2) is 8.42 Å². The van der Waals surface area contributed by atoms with Gasteiger partial charge in [-0.1, -0.05) is 61.2 Å². The molecule has 2 N–H and O–H groups in total. The Bertz CT molecular complexity index is 1430. The van der Waals surface area contributed by atoms with Gasteiger partial charge in [0.15, 0.2) is 0 Å². The van der Waals surface area contributed by atoms with Crippen LogP contribution in [0, 0.1) is 0 Å². The Morgan fingerprint density at radius 3 is 2.44 bits per heavy atom. The van der Waals surface area contributed by atoms with E-state index in [0.717, 1.165) is 30.0 Å². The van der Waals surface area contributed by atoms with Gasteiger partial charge in [0, 0.05) is 22.2 Å². The fourth-order valence-corrected chi connectivity index (χ4v) is 6.72. The molecule has 1 aliphatic heterocycles. The largest absolute Gasteiger partial charge is 0.349 e. The van der Waals surface area contributed by atoms with Crippen LogP contribution in [0.5, 0.6) is 0 Å². The lowest BCUT2D eigenvalue weighted by molar-refractivity contribution is -0.114. The highest BCUT2D eigenvalue weighted by Gasteiger charge is 2.36. The van der Waals surface area contributed by atoms with Crippen molar-refractivity contribution in [3.63, 3.8) is 0 Å². The molecular formula is C27H26ClN3O4S. The Kier molecular flexibility index (Phi) is 6.73. The van der Waals surface area contributed by atoms with Crippen LogP contribution >= 0.6 is 11.6 Å². The van der Waals surface area contributed by atoms with Crippen LogP contribution in [-0.2, 0) is 14.8 Å². The summed E-state index contributed by atoms with van der Waals surface area (Å²) in [5, 5.41) is 6.27. The minimum Gasteiger partial charge on any atom is -0.349 e. The van der Waals surface area contributed by atoms with Crippen molar-refractivity contribution in [1.82, 2.24) is 5.32 Å². The molecule has 9 heteroatoms. The molecule has 1 saturated carbocycles. The van der Waals surface area contributed by atoms with E-state index in [2.05, 4.69) is 10.6 Å². The Morgan fingerprint density at radius 1 is 0.917 bits per heavy atom. The molecule has 2 amide bonds. The molecule has 1 heterocycles. The fraction of sp³-hybridized carbons (Fsp3) is 0.259.